The SMILES string of the molecule is O=C(O)c1ccc2nc(N3C4CCC3C3C(C4)[C@@H]3OCc3c(-c4ccccc4C(F)(F)F)noc3C3CC3)ccc2c1. The zero-order valence-corrected chi connectivity index (χ0v) is 22.6. The second-order valence-electron chi connectivity index (χ2n) is 12.0. The molecule has 216 valence electrons. The molecule has 0 radical (unpaired) electrons. The predicted molar refractivity (Wildman–Crippen MR) is 147 cm³/mol. The van der Waals surface area contributed by atoms with Crippen LogP contribution in [0.15, 0.2) is 59.1 Å². The van der Waals surface area contributed by atoms with Gasteiger partial charge in [-0.05, 0) is 74.4 Å². The molecule has 0 spiro atoms. The first kappa shape index (κ1) is 25.8. The fourth-order valence-corrected chi connectivity index (χ4v) is 7.44. The van der Waals surface area contributed by atoms with Crippen LogP contribution in [0.25, 0.3) is 22.2 Å². The van der Waals surface area contributed by atoms with Crippen LogP contribution >= 0.6 is 0 Å². The summed E-state index contributed by atoms with van der Waals surface area (Å²) in [5, 5.41) is 14.2. The molecule has 8 rings (SSSR count). The van der Waals surface area contributed by atoms with Gasteiger partial charge in [-0.2, -0.15) is 13.2 Å². The Morgan fingerprint density at radius 1 is 1.07 bits per heavy atom. The topological polar surface area (TPSA) is 88.7 Å². The third-order valence-corrected chi connectivity index (χ3v) is 9.55. The smallest absolute Gasteiger partial charge is 0.417 e. The fourth-order valence-electron chi connectivity index (χ4n) is 7.44. The third kappa shape index (κ3) is 4.18. The number of ether oxygens (including phenoxy) is 1. The highest BCUT2D eigenvalue weighted by Gasteiger charge is 2.63. The summed E-state index contributed by atoms with van der Waals surface area (Å²) in [4.78, 5) is 18.7. The highest BCUT2D eigenvalue weighted by Crippen LogP contribution is 2.59. The van der Waals surface area contributed by atoms with Crippen molar-refractivity contribution in [3.8, 4) is 11.3 Å². The number of anilines is 1. The van der Waals surface area contributed by atoms with Gasteiger partial charge in [-0.1, -0.05) is 23.4 Å². The normalized spacial score (nSPS) is 26.5. The maximum atomic E-state index is 13.8. The standard InChI is InChI=1S/C32H28F3N3O4/c33-32(34,35)23-4-2-1-3-20(23)28-22(29(42-37-28)16-5-6-16)15-41-30-21-14-19-9-11-25(27(21)30)38(19)26-12-8-17-13-18(31(39)40)7-10-24(17)36-26/h1-4,7-8,10,12-13,16,19,21,25,27,30H,5-6,9,11,14-15H2,(H,39,40)/t19?,21?,25?,27?,30-/m0/s1. The van der Waals surface area contributed by atoms with Gasteiger partial charge in [-0.25, -0.2) is 9.78 Å². The number of nitrogens with zero attached hydrogens (tertiary/aromatic N) is 3. The first-order valence-electron chi connectivity index (χ1n) is 14.5. The Hall–Kier alpha value is -3.92. The van der Waals surface area contributed by atoms with Crippen molar-refractivity contribution in [2.45, 2.75) is 69.0 Å². The zero-order valence-electron chi connectivity index (χ0n) is 22.6. The van der Waals surface area contributed by atoms with Crippen molar-refractivity contribution in [2.75, 3.05) is 4.90 Å². The van der Waals surface area contributed by atoms with Gasteiger partial charge in [-0.15, -0.1) is 0 Å². The van der Waals surface area contributed by atoms with Crippen LogP contribution in [0.5, 0.6) is 0 Å². The van der Waals surface area contributed by atoms with E-state index in [4.69, 9.17) is 14.2 Å². The molecule has 10 heteroatoms. The quantitative estimate of drug-likeness (QED) is 0.252. The molecule has 2 saturated carbocycles. The molecule has 4 aromatic rings. The maximum Gasteiger partial charge on any atom is 0.417 e. The van der Waals surface area contributed by atoms with E-state index in [9.17, 15) is 23.1 Å². The highest BCUT2D eigenvalue weighted by molar-refractivity contribution is 5.93. The van der Waals surface area contributed by atoms with Crippen molar-refractivity contribution in [1.82, 2.24) is 10.1 Å². The summed E-state index contributed by atoms with van der Waals surface area (Å²) in [5.41, 5.74) is 1.15. The Labute approximate surface area is 239 Å². The minimum atomic E-state index is -4.50. The molecule has 1 N–H and O–H groups in total. The number of rotatable bonds is 7. The number of carbonyl (C=O) groups is 1. The van der Waals surface area contributed by atoms with Crippen LogP contribution in [0.2, 0.25) is 0 Å². The van der Waals surface area contributed by atoms with Gasteiger partial charge in [0.05, 0.1) is 29.4 Å². The van der Waals surface area contributed by atoms with Crippen molar-refractivity contribution < 1.29 is 32.3 Å². The van der Waals surface area contributed by atoms with Crippen molar-refractivity contribution in [3.05, 3.63) is 77.0 Å². The average Bonchev–Trinajstić information content (AvgIpc) is 3.87. The monoisotopic (exact) mass is 575 g/mol. The fraction of sp³-hybridized carbons (Fsp3) is 0.406. The Kier molecular flexibility index (Phi) is 5.70. The van der Waals surface area contributed by atoms with Crippen molar-refractivity contribution in [3.63, 3.8) is 0 Å². The van der Waals surface area contributed by atoms with Crippen LogP contribution in [-0.4, -0.2) is 39.4 Å². The van der Waals surface area contributed by atoms with E-state index in [0.29, 0.717) is 29.2 Å². The molecule has 5 atom stereocenters. The van der Waals surface area contributed by atoms with Crippen LogP contribution < -0.4 is 4.90 Å². The Morgan fingerprint density at radius 3 is 2.69 bits per heavy atom. The number of alkyl halides is 3. The number of carboxylic acid groups (broad SMARTS) is 1. The van der Waals surface area contributed by atoms with Gasteiger partial charge in [0, 0.05) is 40.4 Å². The van der Waals surface area contributed by atoms with E-state index in [1.54, 1.807) is 24.3 Å². The van der Waals surface area contributed by atoms with Crippen molar-refractivity contribution >= 4 is 22.7 Å². The summed E-state index contributed by atoms with van der Waals surface area (Å²) < 4.78 is 53.7. The molecule has 2 bridgehead atoms. The minimum Gasteiger partial charge on any atom is -0.478 e. The van der Waals surface area contributed by atoms with Crippen LogP contribution in [0.3, 0.4) is 0 Å². The molecule has 4 unspecified atom stereocenters. The molecule has 2 aliphatic heterocycles. The average molecular weight is 576 g/mol. The molecular formula is C32H28F3N3O4. The molecule has 2 aliphatic carbocycles. The summed E-state index contributed by atoms with van der Waals surface area (Å²) in [6, 6.07) is 15.0. The van der Waals surface area contributed by atoms with Crippen molar-refractivity contribution in [2.24, 2.45) is 11.8 Å². The number of hydrogen-bond acceptors (Lipinski definition) is 6. The van der Waals surface area contributed by atoms with Crippen molar-refractivity contribution in [1.29, 1.82) is 0 Å². The largest absolute Gasteiger partial charge is 0.478 e. The Bertz CT molecular complexity index is 1710. The number of aromatic carboxylic acids is 1. The van der Waals surface area contributed by atoms with Gasteiger partial charge >= 0.3 is 12.1 Å². The maximum absolute atomic E-state index is 13.8. The van der Waals surface area contributed by atoms with E-state index in [1.807, 2.05) is 12.1 Å². The molecule has 2 aromatic heterocycles. The first-order chi connectivity index (χ1) is 20.3. The Morgan fingerprint density at radius 2 is 1.90 bits per heavy atom. The lowest BCUT2D eigenvalue weighted by Crippen LogP contribution is -2.42. The molecule has 2 aromatic carbocycles. The molecule has 0 amide bonds. The lowest BCUT2D eigenvalue weighted by molar-refractivity contribution is -0.137. The van der Waals surface area contributed by atoms with Crippen LogP contribution in [0.4, 0.5) is 19.0 Å². The van der Waals surface area contributed by atoms with Gasteiger partial charge in [0.25, 0.3) is 0 Å². The molecular weight excluding hydrogens is 547 g/mol. The van der Waals surface area contributed by atoms with Gasteiger partial charge < -0.3 is 19.3 Å². The van der Waals surface area contributed by atoms with Crippen LogP contribution in [0, 0.1) is 11.8 Å². The third-order valence-electron chi connectivity index (χ3n) is 9.55. The number of piperidine rings is 1. The van der Waals surface area contributed by atoms with E-state index in [2.05, 4.69) is 10.1 Å². The number of aromatic nitrogens is 2. The summed E-state index contributed by atoms with van der Waals surface area (Å²) in [6.07, 6.45) is 0.489. The number of carboxylic acids is 1. The van der Waals surface area contributed by atoms with Crippen LogP contribution in [0.1, 0.15) is 65.3 Å². The van der Waals surface area contributed by atoms with Gasteiger partial charge in [-0.3, -0.25) is 0 Å². The van der Waals surface area contributed by atoms with E-state index >= 15 is 0 Å². The number of pyridine rings is 1. The van der Waals surface area contributed by atoms with E-state index < -0.39 is 17.7 Å². The molecule has 4 fully saturated rings. The molecule has 2 saturated heterocycles. The highest BCUT2D eigenvalue weighted by atomic mass is 19.4. The van der Waals surface area contributed by atoms with E-state index in [1.165, 1.54) is 12.1 Å². The number of fused-ring (bicyclic) bond motifs is 5. The minimum absolute atomic E-state index is 0.0223. The number of hydrogen-bond donors (Lipinski definition) is 1. The summed E-state index contributed by atoms with van der Waals surface area (Å²) >= 11 is 0. The number of halogens is 3. The zero-order chi connectivity index (χ0) is 28.7. The molecule has 7 nitrogen and oxygen atoms in total. The van der Waals surface area contributed by atoms with Crippen LogP contribution in [-0.2, 0) is 17.5 Å². The number of benzene rings is 2. The lowest BCUT2D eigenvalue weighted by atomic mass is 9.99. The summed E-state index contributed by atoms with van der Waals surface area (Å²) in [6.45, 7) is 0.173. The summed E-state index contributed by atoms with van der Waals surface area (Å²) in [7, 11) is 0. The first-order valence-corrected chi connectivity index (χ1v) is 14.5. The lowest BCUT2D eigenvalue weighted by Gasteiger charge is -2.35. The second kappa shape index (κ2) is 9.29. The molecule has 4 heterocycles. The predicted octanol–water partition coefficient (Wildman–Crippen LogP) is 7.06. The van der Waals surface area contributed by atoms with E-state index in [-0.39, 0.29) is 41.5 Å². The molecule has 42 heavy (non-hydrogen) atoms. The Balaban J connectivity index is 1.04. The van der Waals surface area contributed by atoms with E-state index in [0.717, 1.165) is 54.9 Å². The summed E-state index contributed by atoms with van der Waals surface area (Å²) in [5.74, 6) is 1.50. The van der Waals surface area contributed by atoms with Gasteiger partial charge in [0.1, 0.15) is 17.3 Å². The molecule has 4 aliphatic rings. The van der Waals surface area contributed by atoms with Gasteiger partial charge in [0.15, 0.2) is 0 Å². The van der Waals surface area contributed by atoms with Gasteiger partial charge in [0.2, 0.25) is 0 Å². The second-order valence-corrected chi connectivity index (χ2v) is 12.0.